The Morgan fingerprint density at radius 3 is 1.26 bits per heavy atom. The zero-order valence-electron chi connectivity index (χ0n) is 20.9. The highest BCUT2D eigenvalue weighted by Crippen LogP contribution is 2.40. The first-order valence-electron chi connectivity index (χ1n) is 14.3. The molecule has 3 aliphatic carbocycles. The molecule has 0 aromatic heterocycles. The zero-order valence-corrected chi connectivity index (χ0v) is 20.9. The van der Waals surface area contributed by atoms with Gasteiger partial charge in [-0.3, -0.25) is 4.79 Å². The lowest BCUT2D eigenvalue weighted by Crippen LogP contribution is -2.24. The summed E-state index contributed by atoms with van der Waals surface area (Å²) in [5, 5.41) is 0. The third-order valence-corrected chi connectivity index (χ3v) is 9.22. The van der Waals surface area contributed by atoms with Crippen molar-refractivity contribution in [1.29, 1.82) is 0 Å². The van der Waals surface area contributed by atoms with Gasteiger partial charge in [0.1, 0.15) is 0 Å². The molecule has 180 valence electrons. The zero-order chi connectivity index (χ0) is 21.9. The number of esters is 1. The van der Waals surface area contributed by atoms with E-state index in [0.29, 0.717) is 6.61 Å². The van der Waals surface area contributed by atoms with Crippen molar-refractivity contribution in [2.24, 2.45) is 35.5 Å². The second-order valence-electron chi connectivity index (χ2n) is 11.6. The summed E-state index contributed by atoms with van der Waals surface area (Å²) in [6, 6.07) is 0. The van der Waals surface area contributed by atoms with Crippen molar-refractivity contribution < 1.29 is 9.53 Å². The van der Waals surface area contributed by atoms with Gasteiger partial charge in [0.25, 0.3) is 0 Å². The molecule has 0 aliphatic heterocycles. The van der Waals surface area contributed by atoms with Gasteiger partial charge in [0.2, 0.25) is 0 Å². The molecular weight excluding hydrogens is 380 g/mol. The van der Waals surface area contributed by atoms with Gasteiger partial charge < -0.3 is 4.74 Å². The summed E-state index contributed by atoms with van der Waals surface area (Å²) in [4.78, 5) is 12.1. The fourth-order valence-electron chi connectivity index (χ4n) is 6.98. The van der Waals surface area contributed by atoms with E-state index in [-0.39, 0.29) is 11.9 Å². The maximum Gasteiger partial charge on any atom is 0.308 e. The molecular formula is C29H52O2. The van der Waals surface area contributed by atoms with Crippen LogP contribution in [0.25, 0.3) is 0 Å². The van der Waals surface area contributed by atoms with Crippen LogP contribution in [0, 0.1) is 35.5 Å². The van der Waals surface area contributed by atoms with E-state index in [9.17, 15) is 4.79 Å². The molecule has 0 unspecified atom stereocenters. The van der Waals surface area contributed by atoms with E-state index in [0.717, 1.165) is 48.9 Å². The molecule has 0 heterocycles. The predicted octanol–water partition coefficient (Wildman–Crippen LogP) is 8.72. The minimum absolute atomic E-state index is 0.0765. The van der Waals surface area contributed by atoms with Crippen LogP contribution in [-0.2, 0) is 9.53 Å². The fraction of sp³-hybridized carbons (Fsp3) is 0.966. The third-order valence-electron chi connectivity index (χ3n) is 9.22. The lowest BCUT2D eigenvalue weighted by molar-refractivity contribution is -0.150. The Balaban J connectivity index is 1.22. The number of hydrogen-bond donors (Lipinski definition) is 0. The van der Waals surface area contributed by atoms with E-state index in [1.807, 2.05) is 0 Å². The molecule has 2 heteroatoms. The van der Waals surface area contributed by atoms with Crippen LogP contribution in [0.5, 0.6) is 0 Å². The van der Waals surface area contributed by atoms with Crippen LogP contribution in [0.1, 0.15) is 136 Å². The minimum Gasteiger partial charge on any atom is -0.465 e. The maximum atomic E-state index is 12.1. The fourth-order valence-corrected chi connectivity index (χ4v) is 6.98. The van der Waals surface area contributed by atoms with Gasteiger partial charge in [0.15, 0.2) is 0 Å². The summed E-state index contributed by atoms with van der Waals surface area (Å²) >= 11 is 0. The Hall–Kier alpha value is -0.530. The van der Waals surface area contributed by atoms with Crippen LogP contribution in [0.3, 0.4) is 0 Å². The Kier molecular flexibility index (Phi) is 11.2. The molecule has 2 nitrogen and oxygen atoms in total. The molecule has 0 radical (unpaired) electrons. The van der Waals surface area contributed by atoms with Crippen LogP contribution in [0.15, 0.2) is 0 Å². The molecule has 0 bridgehead atoms. The number of carbonyl (C=O) groups excluding carboxylic acids is 1. The molecule has 0 atom stereocenters. The summed E-state index contributed by atoms with van der Waals surface area (Å²) in [6.07, 6.45) is 26.4. The van der Waals surface area contributed by atoms with Gasteiger partial charge in [-0.15, -0.1) is 0 Å². The number of rotatable bonds is 11. The van der Waals surface area contributed by atoms with Crippen LogP contribution >= 0.6 is 0 Å². The van der Waals surface area contributed by atoms with E-state index < -0.39 is 0 Å². The second-order valence-corrected chi connectivity index (χ2v) is 11.6. The predicted molar refractivity (Wildman–Crippen MR) is 131 cm³/mol. The second kappa shape index (κ2) is 13.9. The number of hydrogen-bond acceptors (Lipinski definition) is 2. The molecule has 3 saturated carbocycles. The van der Waals surface area contributed by atoms with Crippen molar-refractivity contribution >= 4 is 5.97 Å². The van der Waals surface area contributed by atoms with Gasteiger partial charge in [-0.05, 0) is 61.7 Å². The van der Waals surface area contributed by atoms with Gasteiger partial charge in [-0.2, -0.15) is 0 Å². The summed E-state index contributed by atoms with van der Waals surface area (Å²) in [6.45, 7) is 5.01. The van der Waals surface area contributed by atoms with E-state index >= 15 is 0 Å². The van der Waals surface area contributed by atoms with Gasteiger partial charge in [-0.25, -0.2) is 0 Å². The molecule has 0 aromatic rings. The summed E-state index contributed by atoms with van der Waals surface area (Å²) in [5.41, 5.74) is 0. The van der Waals surface area contributed by atoms with Crippen molar-refractivity contribution in [3.05, 3.63) is 0 Å². The van der Waals surface area contributed by atoms with Gasteiger partial charge in [0, 0.05) is 0 Å². The van der Waals surface area contributed by atoms with Crippen LogP contribution < -0.4 is 0 Å². The monoisotopic (exact) mass is 432 g/mol. The first kappa shape index (κ1) is 25.1. The highest BCUT2D eigenvalue weighted by atomic mass is 16.5. The van der Waals surface area contributed by atoms with Gasteiger partial charge in [-0.1, -0.05) is 104 Å². The molecule has 31 heavy (non-hydrogen) atoms. The van der Waals surface area contributed by atoms with Crippen molar-refractivity contribution in [3.8, 4) is 0 Å². The lowest BCUT2D eigenvalue weighted by atomic mass is 9.73. The van der Waals surface area contributed by atoms with Gasteiger partial charge in [0.05, 0.1) is 12.5 Å². The molecule has 3 fully saturated rings. The van der Waals surface area contributed by atoms with Crippen molar-refractivity contribution in [1.82, 2.24) is 0 Å². The number of ether oxygens (including phenoxy) is 1. The van der Waals surface area contributed by atoms with Crippen molar-refractivity contribution in [2.75, 3.05) is 6.61 Å². The maximum absolute atomic E-state index is 12.1. The SMILES string of the molecule is CCCOC(=O)[C@H]1CC[C@H](CC[C@H]2CC[C@H](CC[C@H]3CC[C@H](CCC)CC3)CC2)CC1. The molecule has 3 rings (SSSR count). The Bertz CT molecular complexity index is 477. The third kappa shape index (κ3) is 8.73. The lowest BCUT2D eigenvalue weighted by Gasteiger charge is -2.33. The molecule has 0 spiro atoms. The van der Waals surface area contributed by atoms with Gasteiger partial charge >= 0.3 is 5.97 Å². The molecule has 0 N–H and O–H groups in total. The topological polar surface area (TPSA) is 26.3 Å². The van der Waals surface area contributed by atoms with Crippen LogP contribution in [-0.4, -0.2) is 12.6 Å². The molecule has 0 amide bonds. The summed E-state index contributed by atoms with van der Waals surface area (Å²) in [5.74, 6) is 5.28. The Labute approximate surface area is 193 Å². The van der Waals surface area contributed by atoms with Crippen molar-refractivity contribution in [2.45, 2.75) is 136 Å². The summed E-state index contributed by atoms with van der Waals surface area (Å²) < 4.78 is 5.37. The normalized spacial score (nSPS) is 34.4. The highest BCUT2D eigenvalue weighted by Gasteiger charge is 2.29. The smallest absolute Gasteiger partial charge is 0.308 e. The number of carbonyl (C=O) groups is 1. The molecule has 0 saturated heterocycles. The largest absolute Gasteiger partial charge is 0.465 e. The first-order chi connectivity index (χ1) is 15.2. The quantitative estimate of drug-likeness (QED) is 0.305. The highest BCUT2D eigenvalue weighted by molar-refractivity contribution is 5.72. The minimum atomic E-state index is 0.0765. The van der Waals surface area contributed by atoms with E-state index in [1.165, 1.54) is 103 Å². The summed E-state index contributed by atoms with van der Waals surface area (Å²) in [7, 11) is 0. The Morgan fingerprint density at radius 2 is 0.903 bits per heavy atom. The van der Waals surface area contributed by atoms with Crippen LogP contribution in [0.4, 0.5) is 0 Å². The standard InChI is InChI=1S/C29H52O2/c1-3-5-23-6-8-24(9-7-23)10-11-25-12-14-26(15-13-25)16-17-27-18-20-28(21-19-27)29(30)31-22-4-2/h23-28H,3-22H2,1-2H3/t23-,24-,25-,26-,27-,28-. The average Bonchev–Trinajstić information content (AvgIpc) is 2.82. The molecule has 0 aromatic carbocycles. The van der Waals surface area contributed by atoms with Crippen LogP contribution in [0.2, 0.25) is 0 Å². The van der Waals surface area contributed by atoms with E-state index in [1.54, 1.807) is 0 Å². The average molecular weight is 433 g/mol. The first-order valence-corrected chi connectivity index (χ1v) is 14.3. The molecule has 3 aliphatic rings. The van der Waals surface area contributed by atoms with E-state index in [4.69, 9.17) is 4.74 Å². The Morgan fingerprint density at radius 1 is 0.548 bits per heavy atom. The van der Waals surface area contributed by atoms with E-state index in [2.05, 4.69) is 13.8 Å². The van der Waals surface area contributed by atoms with Crippen molar-refractivity contribution in [3.63, 3.8) is 0 Å².